The summed E-state index contributed by atoms with van der Waals surface area (Å²) >= 11 is -1.28. The predicted molar refractivity (Wildman–Crippen MR) is 108 cm³/mol. The molecule has 10 heteroatoms. The topological polar surface area (TPSA) is 163 Å². The molecular formula is C21H33FeO9. The summed E-state index contributed by atoms with van der Waals surface area (Å²) in [6.45, 7) is 4.72. The van der Waals surface area contributed by atoms with E-state index in [1.807, 2.05) is 0 Å². The average Bonchev–Trinajstić information content (AvgIpc) is 2.71. The third kappa shape index (κ3) is 10.2. The van der Waals surface area contributed by atoms with Crippen molar-refractivity contribution in [3.05, 3.63) is 0 Å². The molecule has 0 aromatic rings. The van der Waals surface area contributed by atoms with Crippen molar-refractivity contribution in [2.24, 2.45) is 17.8 Å². The van der Waals surface area contributed by atoms with Crippen molar-refractivity contribution in [2.45, 2.75) is 75.3 Å². The van der Waals surface area contributed by atoms with Gasteiger partial charge in [-0.1, -0.05) is 0 Å². The van der Waals surface area contributed by atoms with E-state index < -0.39 is 66.9 Å². The van der Waals surface area contributed by atoms with Gasteiger partial charge in [-0.3, -0.25) is 0 Å². The van der Waals surface area contributed by atoms with Gasteiger partial charge < -0.3 is 0 Å². The van der Waals surface area contributed by atoms with Gasteiger partial charge in [0.1, 0.15) is 0 Å². The first kappa shape index (κ1) is 28.9. The van der Waals surface area contributed by atoms with Gasteiger partial charge in [-0.05, 0) is 0 Å². The number of rotatable bonds is 18. The number of Topliss-reactive ketones (excluding diaryl/α,β-unsaturated/α-hetero) is 3. The molecule has 9 nitrogen and oxygen atoms in total. The second kappa shape index (κ2) is 14.9. The molecule has 0 aliphatic rings. The first-order chi connectivity index (χ1) is 14.5. The second-order valence-corrected chi connectivity index (χ2v) is 10.4. The number of hydrogen-bond donors (Lipinski definition) is 3. The maximum absolute atomic E-state index is 11.9. The molecule has 0 aromatic heterocycles. The van der Waals surface area contributed by atoms with E-state index in [0.29, 0.717) is 16.0 Å². The molecule has 0 radical (unpaired) electrons. The zero-order valence-electron chi connectivity index (χ0n) is 18.2. The van der Waals surface area contributed by atoms with Crippen LogP contribution in [0.5, 0.6) is 0 Å². The van der Waals surface area contributed by atoms with E-state index in [-0.39, 0.29) is 38.5 Å². The molecule has 179 valence electrons. The molecule has 31 heavy (non-hydrogen) atoms. The number of aliphatic carboxylic acids is 3. The fourth-order valence-electron chi connectivity index (χ4n) is 3.01. The van der Waals surface area contributed by atoms with Crippen molar-refractivity contribution in [1.29, 1.82) is 0 Å². The van der Waals surface area contributed by atoms with Crippen LogP contribution in [0.1, 0.15) is 59.3 Å². The molecule has 0 spiro atoms. The van der Waals surface area contributed by atoms with Crippen molar-refractivity contribution in [3.8, 4) is 0 Å². The van der Waals surface area contributed by atoms with E-state index >= 15 is 0 Å². The Bertz CT molecular complexity index is 583. The minimum atomic E-state index is -1.28. The number of carboxylic acid groups (broad SMARTS) is 3. The van der Waals surface area contributed by atoms with E-state index in [4.69, 9.17) is 0 Å². The van der Waals surface area contributed by atoms with E-state index in [2.05, 4.69) is 0 Å². The number of hydrogen-bond acceptors (Lipinski definition) is 6. The Morgan fingerprint density at radius 2 is 0.774 bits per heavy atom. The molecule has 0 aromatic carbocycles. The molecule has 0 saturated heterocycles. The van der Waals surface area contributed by atoms with Gasteiger partial charge in [0.05, 0.1) is 0 Å². The minimum absolute atomic E-state index is 0.0704. The van der Waals surface area contributed by atoms with Gasteiger partial charge in [-0.25, -0.2) is 0 Å². The van der Waals surface area contributed by atoms with E-state index in [1.54, 1.807) is 20.8 Å². The van der Waals surface area contributed by atoms with Gasteiger partial charge in [0.25, 0.3) is 0 Å². The summed E-state index contributed by atoms with van der Waals surface area (Å²) in [4.78, 5) is 70.0. The van der Waals surface area contributed by atoms with Crippen molar-refractivity contribution in [3.63, 3.8) is 0 Å². The number of carbonyl (C=O) groups is 6. The fraction of sp³-hybridized carbons (Fsp3) is 0.714. The molecule has 0 heterocycles. The molecule has 0 amide bonds. The average molecular weight is 485 g/mol. The van der Waals surface area contributed by atoms with Crippen LogP contribution in [0.15, 0.2) is 0 Å². The molecule has 0 saturated carbocycles. The third-order valence-corrected chi connectivity index (χ3v) is 8.33. The second-order valence-electron chi connectivity index (χ2n) is 7.06. The van der Waals surface area contributed by atoms with Gasteiger partial charge in [-0.15, -0.1) is 0 Å². The molecule has 0 aliphatic heterocycles. The quantitative estimate of drug-likeness (QED) is 0.196. The standard InChI is InChI=1S/3C7H11O3.Fe/c3*1-3-5(7(9)10)6(8)4-2;/h3*5H,1,3-4H2,2H3,(H,9,10);. The van der Waals surface area contributed by atoms with Gasteiger partial charge in [0, 0.05) is 0 Å². The molecule has 0 bridgehead atoms. The number of carbonyl (C=O) groups excluding carboxylic acids is 3. The van der Waals surface area contributed by atoms with Crippen LogP contribution in [0, 0.1) is 17.8 Å². The van der Waals surface area contributed by atoms with Gasteiger partial charge in [0.15, 0.2) is 0 Å². The van der Waals surface area contributed by atoms with Gasteiger partial charge in [0.2, 0.25) is 0 Å². The van der Waals surface area contributed by atoms with Crippen LogP contribution in [0.3, 0.4) is 0 Å². The van der Waals surface area contributed by atoms with E-state index in [0.717, 1.165) is 0 Å². The van der Waals surface area contributed by atoms with Crippen LogP contribution in [0.4, 0.5) is 0 Å². The Morgan fingerprint density at radius 1 is 0.548 bits per heavy atom. The molecule has 0 aliphatic carbocycles. The molecule has 3 N–H and O–H groups in total. The maximum atomic E-state index is 11.9. The van der Waals surface area contributed by atoms with E-state index in [1.165, 1.54) is 0 Å². The normalized spacial score (nSPS) is 14.2. The number of carboxylic acids is 3. The summed E-state index contributed by atoms with van der Waals surface area (Å²) < 4.78 is 0. The number of ketones is 3. The SMILES string of the molecule is CCC(=O)C(C[CH2][Fe]([CH2]CC(C(=O)O)C(=O)CC)[CH2]CC(C(=O)O)C(=O)CC)C(=O)O. The predicted octanol–water partition coefficient (Wildman–Crippen LogP) is 3.07. The summed E-state index contributed by atoms with van der Waals surface area (Å²) in [5, 5.41) is 29.0. The van der Waals surface area contributed by atoms with Crippen molar-refractivity contribution in [2.75, 3.05) is 0 Å². The molecule has 0 rings (SSSR count). The Labute approximate surface area is 186 Å². The van der Waals surface area contributed by atoms with E-state index in [9.17, 15) is 44.1 Å². The van der Waals surface area contributed by atoms with Crippen molar-refractivity contribution >= 4 is 35.3 Å². The third-order valence-electron chi connectivity index (χ3n) is 5.03. The van der Waals surface area contributed by atoms with Crippen LogP contribution >= 0.6 is 0 Å². The summed E-state index contributed by atoms with van der Waals surface area (Å²) in [5.41, 5.74) is 0. The molecular weight excluding hydrogens is 452 g/mol. The Hall–Kier alpha value is -2.06. The molecule has 3 atom stereocenters. The van der Waals surface area contributed by atoms with Crippen LogP contribution in [-0.4, -0.2) is 50.6 Å². The van der Waals surface area contributed by atoms with Crippen LogP contribution in [0.2, 0.25) is 16.0 Å². The first-order valence-corrected chi connectivity index (χ1v) is 12.6. The summed E-state index contributed by atoms with van der Waals surface area (Å²) in [7, 11) is 0. The Kier molecular flexibility index (Phi) is 13.9. The van der Waals surface area contributed by atoms with Crippen LogP contribution < -0.4 is 0 Å². The molecule has 3 unspecified atom stereocenters. The Morgan fingerprint density at radius 3 is 0.935 bits per heavy atom. The van der Waals surface area contributed by atoms with Crippen molar-refractivity contribution in [1.82, 2.24) is 0 Å². The fourth-order valence-corrected chi connectivity index (χ4v) is 6.15. The Balaban J connectivity index is 5.39. The summed E-state index contributed by atoms with van der Waals surface area (Å²) in [6.07, 6.45) is 0.447. The van der Waals surface area contributed by atoms with Crippen LogP contribution in [-0.2, 0) is 42.7 Å². The summed E-state index contributed by atoms with van der Waals surface area (Å²) in [5.74, 6) is -8.38. The zero-order valence-corrected chi connectivity index (χ0v) is 19.3. The first-order valence-electron chi connectivity index (χ1n) is 10.3. The molecule has 0 fully saturated rings. The monoisotopic (exact) mass is 485 g/mol. The van der Waals surface area contributed by atoms with Gasteiger partial charge in [-0.2, -0.15) is 0 Å². The zero-order chi connectivity index (χ0) is 24.1. The van der Waals surface area contributed by atoms with Crippen molar-refractivity contribution < 1.29 is 58.0 Å². The summed E-state index contributed by atoms with van der Waals surface area (Å²) in [6, 6.07) is 0. The van der Waals surface area contributed by atoms with Gasteiger partial charge >= 0.3 is 186 Å². The van der Waals surface area contributed by atoms with Crippen LogP contribution in [0.25, 0.3) is 0 Å².